The molecule has 0 radical (unpaired) electrons. The van der Waals surface area contributed by atoms with E-state index in [2.05, 4.69) is 25.6 Å². The summed E-state index contributed by atoms with van der Waals surface area (Å²) in [5, 5.41) is 19.6. The first kappa shape index (κ1) is 18.2. The van der Waals surface area contributed by atoms with Crippen molar-refractivity contribution in [3.05, 3.63) is 69.3 Å². The van der Waals surface area contributed by atoms with E-state index in [0.29, 0.717) is 28.7 Å². The lowest BCUT2D eigenvalue weighted by atomic mass is 10.1. The van der Waals surface area contributed by atoms with Crippen LogP contribution in [0.3, 0.4) is 0 Å². The zero-order chi connectivity index (χ0) is 19.6. The lowest BCUT2D eigenvalue weighted by Gasteiger charge is -2.08. The summed E-state index contributed by atoms with van der Waals surface area (Å²) in [5.41, 5.74) is 6.03. The third-order valence-electron chi connectivity index (χ3n) is 3.86. The van der Waals surface area contributed by atoms with Crippen LogP contribution in [0.25, 0.3) is 5.82 Å². The first-order valence-corrected chi connectivity index (χ1v) is 8.28. The minimum Gasteiger partial charge on any atom is -0.261 e. The van der Waals surface area contributed by atoms with Crippen LogP contribution >= 0.6 is 0 Å². The first-order chi connectivity index (χ1) is 12.8. The Kier molecular flexibility index (Phi) is 4.93. The predicted molar refractivity (Wildman–Crippen MR) is 102 cm³/mol. The normalized spacial score (nSPS) is 11.5. The molecule has 1 N–H and O–H groups in total. The molecule has 0 aliphatic heterocycles. The van der Waals surface area contributed by atoms with Crippen molar-refractivity contribution in [3.8, 4) is 5.82 Å². The van der Waals surface area contributed by atoms with Crippen LogP contribution in [0.4, 0.5) is 11.5 Å². The maximum absolute atomic E-state index is 10.9. The molecule has 2 heterocycles. The van der Waals surface area contributed by atoms with E-state index in [0.717, 1.165) is 11.4 Å². The van der Waals surface area contributed by atoms with Gasteiger partial charge in [0.1, 0.15) is 5.82 Å². The van der Waals surface area contributed by atoms with Crippen molar-refractivity contribution in [2.45, 2.75) is 27.7 Å². The molecule has 138 valence electrons. The molecule has 0 unspecified atom stereocenters. The standard InChI is InChI=1S/C18H19N7O2/c1-11-8-12(2)24(23-11)18-10-17(19-14(4)20-18)22-21-13(3)15-6-5-7-16(9-15)25(26)27/h5-10H,1-4H3,(H,19,20,22)/b21-13+. The van der Waals surface area contributed by atoms with E-state index < -0.39 is 4.92 Å². The SMILES string of the molecule is C/C(=N\Nc1cc(-n2nc(C)cc2C)nc(C)n1)c1cccc([N+](=O)[O-])c1. The van der Waals surface area contributed by atoms with Crippen molar-refractivity contribution in [1.29, 1.82) is 0 Å². The van der Waals surface area contributed by atoms with Gasteiger partial charge in [0.05, 0.1) is 16.3 Å². The Morgan fingerprint density at radius 3 is 2.63 bits per heavy atom. The molecule has 0 aliphatic carbocycles. The Balaban J connectivity index is 1.87. The highest BCUT2D eigenvalue weighted by Gasteiger charge is 2.10. The van der Waals surface area contributed by atoms with Crippen molar-refractivity contribution >= 4 is 17.2 Å². The minimum absolute atomic E-state index is 0.0201. The second kappa shape index (κ2) is 7.32. The number of nitro benzene ring substituents is 1. The van der Waals surface area contributed by atoms with E-state index >= 15 is 0 Å². The van der Waals surface area contributed by atoms with Crippen LogP contribution in [0.1, 0.15) is 29.7 Å². The number of benzene rings is 1. The number of non-ortho nitro benzene ring substituents is 1. The quantitative estimate of drug-likeness (QED) is 0.422. The van der Waals surface area contributed by atoms with E-state index in [-0.39, 0.29) is 5.69 Å². The molecule has 3 aromatic rings. The Hall–Kier alpha value is -3.62. The molecule has 1 aromatic carbocycles. The van der Waals surface area contributed by atoms with Gasteiger partial charge in [0.2, 0.25) is 0 Å². The van der Waals surface area contributed by atoms with E-state index in [1.54, 1.807) is 36.7 Å². The van der Waals surface area contributed by atoms with E-state index in [1.807, 2.05) is 19.9 Å². The zero-order valence-electron chi connectivity index (χ0n) is 15.5. The number of aromatic nitrogens is 4. The molecule has 0 saturated heterocycles. The van der Waals surface area contributed by atoms with Crippen LogP contribution < -0.4 is 5.43 Å². The van der Waals surface area contributed by atoms with Gasteiger partial charge in [0.25, 0.3) is 5.69 Å². The summed E-state index contributed by atoms with van der Waals surface area (Å²) in [5.74, 6) is 1.72. The summed E-state index contributed by atoms with van der Waals surface area (Å²) in [4.78, 5) is 19.2. The average Bonchev–Trinajstić information content (AvgIpc) is 2.97. The molecular formula is C18H19N7O2. The summed E-state index contributed by atoms with van der Waals surface area (Å²) in [6.45, 7) is 7.43. The predicted octanol–water partition coefficient (Wildman–Crippen LogP) is 3.33. The monoisotopic (exact) mass is 365 g/mol. The highest BCUT2D eigenvalue weighted by atomic mass is 16.6. The van der Waals surface area contributed by atoms with Gasteiger partial charge in [-0.1, -0.05) is 12.1 Å². The molecule has 3 rings (SSSR count). The van der Waals surface area contributed by atoms with Crippen molar-refractivity contribution in [3.63, 3.8) is 0 Å². The van der Waals surface area contributed by atoms with Gasteiger partial charge in [0.15, 0.2) is 11.6 Å². The molecule has 0 spiro atoms. The molecule has 2 aromatic heterocycles. The molecular weight excluding hydrogens is 346 g/mol. The van der Waals surface area contributed by atoms with Crippen LogP contribution in [0, 0.1) is 30.9 Å². The molecule has 9 nitrogen and oxygen atoms in total. The molecule has 27 heavy (non-hydrogen) atoms. The third-order valence-corrected chi connectivity index (χ3v) is 3.86. The van der Waals surface area contributed by atoms with Gasteiger partial charge in [-0.15, -0.1) is 0 Å². The van der Waals surface area contributed by atoms with Crippen molar-refractivity contribution in [2.24, 2.45) is 5.10 Å². The summed E-state index contributed by atoms with van der Waals surface area (Å²) < 4.78 is 1.74. The molecule has 0 bridgehead atoms. The van der Waals surface area contributed by atoms with Gasteiger partial charge >= 0.3 is 0 Å². The fraction of sp³-hybridized carbons (Fsp3) is 0.222. The first-order valence-electron chi connectivity index (χ1n) is 8.28. The maximum atomic E-state index is 10.9. The summed E-state index contributed by atoms with van der Waals surface area (Å²) >= 11 is 0. The van der Waals surface area contributed by atoms with Gasteiger partial charge in [0, 0.05) is 29.5 Å². The van der Waals surface area contributed by atoms with Crippen molar-refractivity contribution in [2.75, 3.05) is 5.43 Å². The van der Waals surface area contributed by atoms with Crippen LogP contribution in [0.15, 0.2) is 41.5 Å². The largest absolute Gasteiger partial charge is 0.270 e. The van der Waals surface area contributed by atoms with Crippen LogP contribution in [-0.2, 0) is 0 Å². The van der Waals surface area contributed by atoms with Gasteiger partial charge in [-0.3, -0.25) is 15.5 Å². The highest BCUT2D eigenvalue weighted by molar-refractivity contribution is 5.99. The number of hydrogen-bond donors (Lipinski definition) is 1. The Labute approximate surface area is 155 Å². The Morgan fingerprint density at radius 1 is 1.19 bits per heavy atom. The second-order valence-corrected chi connectivity index (χ2v) is 6.11. The van der Waals surface area contributed by atoms with E-state index in [1.165, 1.54) is 12.1 Å². The number of hydrazone groups is 1. The Morgan fingerprint density at radius 2 is 1.96 bits per heavy atom. The van der Waals surface area contributed by atoms with E-state index in [4.69, 9.17) is 0 Å². The number of nitro groups is 1. The average molecular weight is 365 g/mol. The minimum atomic E-state index is -0.432. The van der Waals surface area contributed by atoms with Gasteiger partial charge in [-0.05, 0) is 33.8 Å². The van der Waals surface area contributed by atoms with Crippen LogP contribution in [-0.4, -0.2) is 30.4 Å². The molecule has 9 heteroatoms. The lowest BCUT2D eigenvalue weighted by molar-refractivity contribution is -0.384. The smallest absolute Gasteiger partial charge is 0.261 e. The van der Waals surface area contributed by atoms with Gasteiger partial charge < -0.3 is 0 Å². The molecule has 0 saturated carbocycles. The molecule has 0 amide bonds. The van der Waals surface area contributed by atoms with Crippen molar-refractivity contribution in [1.82, 2.24) is 19.7 Å². The number of nitrogens with zero attached hydrogens (tertiary/aromatic N) is 6. The topological polar surface area (TPSA) is 111 Å². The summed E-state index contributed by atoms with van der Waals surface area (Å²) in [6.07, 6.45) is 0. The van der Waals surface area contributed by atoms with Gasteiger partial charge in [-0.25, -0.2) is 14.6 Å². The number of hydrogen-bond acceptors (Lipinski definition) is 7. The fourth-order valence-corrected chi connectivity index (χ4v) is 2.63. The summed E-state index contributed by atoms with van der Waals surface area (Å²) in [7, 11) is 0. The number of aryl methyl sites for hydroxylation is 3. The zero-order valence-corrected chi connectivity index (χ0v) is 15.5. The Bertz CT molecular complexity index is 1040. The summed E-state index contributed by atoms with van der Waals surface area (Å²) in [6, 6.07) is 10.0. The van der Waals surface area contributed by atoms with Crippen molar-refractivity contribution < 1.29 is 4.92 Å². The van der Waals surface area contributed by atoms with Gasteiger partial charge in [-0.2, -0.15) is 10.2 Å². The fourth-order valence-electron chi connectivity index (χ4n) is 2.63. The van der Waals surface area contributed by atoms with Crippen LogP contribution in [0.2, 0.25) is 0 Å². The second-order valence-electron chi connectivity index (χ2n) is 6.11. The maximum Gasteiger partial charge on any atom is 0.270 e. The van der Waals surface area contributed by atoms with Crippen LogP contribution in [0.5, 0.6) is 0 Å². The highest BCUT2D eigenvalue weighted by Crippen LogP contribution is 2.16. The number of rotatable bonds is 5. The molecule has 0 fully saturated rings. The van der Waals surface area contributed by atoms with E-state index in [9.17, 15) is 10.1 Å². The number of nitrogens with one attached hydrogen (secondary N) is 1. The number of anilines is 1. The lowest BCUT2D eigenvalue weighted by Crippen LogP contribution is -2.07. The molecule has 0 atom stereocenters. The third kappa shape index (κ3) is 4.14. The molecule has 0 aliphatic rings.